The molecule has 0 unspecified atom stereocenters. The Balaban J connectivity index is 1.50. The van der Waals surface area contributed by atoms with Crippen LogP contribution >= 0.6 is 0 Å². The van der Waals surface area contributed by atoms with Crippen LogP contribution in [0, 0.1) is 6.92 Å². The summed E-state index contributed by atoms with van der Waals surface area (Å²) in [4.78, 5) is 12.3. The summed E-state index contributed by atoms with van der Waals surface area (Å²) in [5.74, 6) is 1.72. The van der Waals surface area contributed by atoms with Crippen LogP contribution in [0.25, 0.3) is 5.82 Å². The third kappa shape index (κ3) is 4.64. The van der Waals surface area contributed by atoms with Crippen molar-refractivity contribution in [2.45, 2.75) is 11.8 Å². The van der Waals surface area contributed by atoms with Crippen LogP contribution in [-0.2, 0) is 10.0 Å². The first-order valence-corrected chi connectivity index (χ1v) is 10.7. The number of hydrogen-bond donors (Lipinski definition) is 1. The third-order valence-electron chi connectivity index (χ3n) is 4.33. The first-order valence-electron chi connectivity index (χ1n) is 9.20. The number of imidazole rings is 1. The number of rotatable bonds is 7. The van der Waals surface area contributed by atoms with Gasteiger partial charge in [0.1, 0.15) is 34.9 Å². The van der Waals surface area contributed by atoms with E-state index in [0.717, 1.165) is 5.56 Å². The maximum absolute atomic E-state index is 12.8. The zero-order valence-corrected chi connectivity index (χ0v) is 17.6. The van der Waals surface area contributed by atoms with E-state index in [1.807, 2.05) is 6.92 Å². The van der Waals surface area contributed by atoms with Gasteiger partial charge in [-0.3, -0.25) is 9.29 Å². The highest BCUT2D eigenvalue weighted by Gasteiger charge is 2.20. The number of nitrogens with one attached hydrogen (secondary N) is 1. The fourth-order valence-corrected chi connectivity index (χ4v) is 4.15. The van der Waals surface area contributed by atoms with Gasteiger partial charge in [-0.2, -0.15) is 0 Å². The molecule has 0 spiro atoms. The van der Waals surface area contributed by atoms with Gasteiger partial charge in [-0.1, -0.05) is 6.07 Å². The van der Waals surface area contributed by atoms with E-state index >= 15 is 0 Å². The Hall–Kier alpha value is -3.92. The second kappa shape index (κ2) is 8.44. The van der Waals surface area contributed by atoms with E-state index in [2.05, 4.69) is 19.7 Å². The van der Waals surface area contributed by atoms with Crippen molar-refractivity contribution in [2.24, 2.45) is 0 Å². The molecule has 2 aromatic heterocycles. The Bertz CT molecular complexity index is 1290. The van der Waals surface area contributed by atoms with Crippen molar-refractivity contribution in [2.75, 3.05) is 11.8 Å². The molecule has 10 heteroatoms. The standard InChI is InChI=1S/C21H19N5O4S/c1-15-3-8-18(29-2)19(11-15)31(27,28)25-16-4-6-17(7-5-16)30-21-12-20(23-13-24-21)26-10-9-22-14-26/h3-14,25H,1-2H3. The van der Waals surface area contributed by atoms with Crippen molar-refractivity contribution in [1.29, 1.82) is 0 Å². The van der Waals surface area contributed by atoms with Crippen LogP contribution in [0.4, 0.5) is 5.69 Å². The number of sulfonamides is 1. The van der Waals surface area contributed by atoms with Gasteiger partial charge in [0.25, 0.3) is 10.0 Å². The number of hydrogen-bond acceptors (Lipinski definition) is 7. The third-order valence-corrected chi connectivity index (χ3v) is 5.74. The molecule has 0 aliphatic rings. The van der Waals surface area contributed by atoms with E-state index in [1.165, 1.54) is 13.4 Å². The number of anilines is 1. The maximum Gasteiger partial charge on any atom is 0.265 e. The van der Waals surface area contributed by atoms with Gasteiger partial charge in [0, 0.05) is 24.1 Å². The number of nitrogens with zero attached hydrogens (tertiary/aromatic N) is 4. The first-order chi connectivity index (χ1) is 14.9. The number of aromatic nitrogens is 4. The molecule has 158 valence electrons. The molecule has 0 radical (unpaired) electrons. The van der Waals surface area contributed by atoms with Gasteiger partial charge in [-0.25, -0.2) is 23.4 Å². The second-order valence-corrected chi connectivity index (χ2v) is 8.22. The molecular weight excluding hydrogens is 418 g/mol. The molecule has 2 aromatic carbocycles. The van der Waals surface area contributed by atoms with Crippen LogP contribution < -0.4 is 14.2 Å². The number of ether oxygens (including phenoxy) is 2. The second-order valence-electron chi connectivity index (χ2n) is 6.57. The molecule has 0 atom stereocenters. The summed E-state index contributed by atoms with van der Waals surface area (Å²) in [6.45, 7) is 1.82. The molecule has 4 rings (SSSR count). The van der Waals surface area contributed by atoms with Crippen LogP contribution in [-0.4, -0.2) is 35.0 Å². The highest BCUT2D eigenvalue weighted by atomic mass is 32.2. The van der Waals surface area contributed by atoms with E-state index in [0.29, 0.717) is 23.1 Å². The topological polar surface area (TPSA) is 108 Å². The zero-order chi connectivity index (χ0) is 21.8. The van der Waals surface area contributed by atoms with Gasteiger partial charge in [0.05, 0.1) is 7.11 Å². The minimum atomic E-state index is -3.83. The molecule has 2 heterocycles. The van der Waals surface area contributed by atoms with Gasteiger partial charge in [0.2, 0.25) is 5.88 Å². The Morgan fingerprint density at radius 1 is 1.03 bits per heavy atom. The Labute approximate surface area is 179 Å². The van der Waals surface area contributed by atoms with Gasteiger partial charge in [-0.15, -0.1) is 0 Å². The van der Waals surface area contributed by atoms with Crippen LogP contribution in [0.2, 0.25) is 0 Å². The minimum absolute atomic E-state index is 0.0725. The van der Waals surface area contributed by atoms with E-state index in [-0.39, 0.29) is 10.6 Å². The lowest BCUT2D eigenvalue weighted by molar-refractivity contribution is 0.402. The van der Waals surface area contributed by atoms with Crippen LogP contribution in [0.5, 0.6) is 17.4 Å². The van der Waals surface area contributed by atoms with Gasteiger partial charge in [0.15, 0.2) is 0 Å². The summed E-state index contributed by atoms with van der Waals surface area (Å²) in [7, 11) is -2.39. The normalized spacial score (nSPS) is 11.2. The fourth-order valence-electron chi connectivity index (χ4n) is 2.84. The van der Waals surface area contributed by atoms with E-state index < -0.39 is 10.0 Å². The molecule has 0 aliphatic carbocycles. The molecule has 0 amide bonds. The van der Waals surface area contributed by atoms with Crippen molar-refractivity contribution < 1.29 is 17.9 Å². The molecule has 0 bridgehead atoms. The smallest absolute Gasteiger partial charge is 0.265 e. The molecule has 0 aliphatic heterocycles. The zero-order valence-electron chi connectivity index (χ0n) is 16.8. The SMILES string of the molecule is COc1ccc(C)cc1S(=O)(=O)Nc1ccc(Oc2cc(-n3ccnc3)ncn2)cc1. The van der Waals surface area contributed by atoms with E-state index in [1.54, 1.807) is 71.8 Å². The van der Waals surface area contributed by atoms with Crippen molar-refractivity contribution in [1.82, 2.24) is 19.5 Å². The number of methoxy groups -OCH3 is 1. The van der Waals surface area contributed by atoms with Gasteiger partial charge < -0.3 is 9.47 Å². The lowest BCUT2D eigenvalue weighted by Crippen LogP contribution is -2.14. The average Bonchev–Trinajstić information content (AvgIpc) is 3.30. The molecule has 31 heavy (non-hydrogen) atoms. The van der Waals surface area contributed by atoms with Crippen LogP contribution in [0.1, 0.15) is 5.56 Å². The molecule has 0 saturated heterocycles. The molecule has 0 fully saturated rings. The van der Waals surface area contributed by atoms with Crippen molar-refractivity contribution in [3.05, 3.63) is 79.1 Å². The highest BCUT2D eigenvalue weighted by molar-refractivity contribution is 7.92. The molecule has 9 nitrogen and oxygen atoms in total. The minimum Gasteiger partial charge on any atom is -0.495 e. The lowest BCUT2D eigenvalue weighted by Gasteiger charge is -2.13. The Morgan fingerprint density at radius 3 is 2.55 bits per heavy atom. The Kier molecular flexibility index (Phi) is 5.54. The summed E-state index contributed by atoms with van der Waals surface area (Å²) in [5.41, 5.74) is 1.20. The first kappa shape index (κ1) is 20.4. The monoisotopic (exact) mass is 437 g/mol. The van der Waals surface area contributed by atoms with Crippen LogP contribution in [0.15, 0.2) is 78.5 Å². The summed E-state index contributed by atoms with van der Waals surface area (Å²) in [6, 6.07) is 13.1. The maximum atomic E-state index is 12.8. The van der Waals surface area contributed by atoms with Gasteiger partial charge in [-0.05, 0) is 48.9 Å². The van der Waals surface area contributed by atoms with Crippen molar-refractivity contribution in [3.63, 3.8) is 0 Å². The fraction of sp³-hybridized carbons (Fsp3) is 0.0952. The highest BCUT2D eigenvalue weighted by Crippen LogP contribution is 2.28. The Morgan fingerprint density at radius 2 is 1.84 bits per heavy atom. The lowest BCUT2D eigenvalue weighted by atomic mass is 10.2. The predicted molar refractivity (Wildman–Crippen MR) is 114 cm³/mol. The van der Waals surface area contributed by atoms with E-state index in [4.69, 9.17) is 9.47 Å². The van der Waals surface area contributed by atoms with Crippen LogP contribution in [0.3, 0.4) is 0 Å². The summed E-state index contributed by atoms with van der Waals surface area (Å²) in [5, 5.41) is 0. The quantitative estimate of drug-likeness (QED) is 0.471. The molecule has 4 aromatic rings. The van der Waals surface area contributed by atoms with Crippen molar-refractivity contribution in [3.8, 4) is 23.2 Å². The summed E-state index contributed by atoms with van der Waals surface area (Å²) >= 11 is 0. The average molecular weight is 437 g/mol. The molecule has 1 N–H and O–H groups in total. The number of benzene rings is 2. The van der Waals surface area contributed by atoms with Gasteiger partial charge >= 0.3 is 0 Å². The van der Waals surface area contributed by atoms with E-state index in [9.17, 15) is 8.42 Å². The summed E-state index contributed by atoms with van der Waals surface area (Å²) in [6.07, 6.45) is 6.42. The summed E-state index contributed by atoms with van der Waals surface area (Å²) < 4.78 is 40.9. The molecular formula is C21H19N5O4S. The largest absolute Gasteiger partial charge is 0.495 e. The van der Waals surface area contributed by atoms with Crippen molar-refractivity contribution >= 4 is 15.7 Å². The number of aryl methyl sites for hydroxylation is 1. The molecule has 0 saturated carbocycles. The predicted octanol–water partition coefficient (Wildman–Crippen LogP) is 3.57.